The van der Waals surface area contributed by atoms with E-state index < -0.39 is 6.10 Å². The molecule has 1 atom stereocenters. The number of allylic oxidation sites excluding steroid dienone is 10. The first-order chi connectivity index (χ1) is 30.6. The molecule has 0 fully saturated rings. The minimum atomic E-state index is -0.548. The Morgan fingerprint density at radius 2 is 0.726 bits per heavy atom. The molecular formula is C57H102O5. The minimum absolute atomic E-state index is 0.0718. The molecule has 0 spiro atoms. The van der Waals surface area contributed by atoms with Crippen molar-refractivity contribution in [3.8, 4) is 0 Å². The molecule has 5 heteroatoms. The van der Waals surface area contributed by atoms with Gasteiger partial charge in [0.15, 0.2) is 6.10 Å². The van der Waals surface area contributed by atoms with Gasteiger partial charge in [-0.05, 0) is 83.5 Å². The summed E-state index contributed by atoms with van der Waals surface area (Å²) >= 11 is 0. The van der Waals surface area contributed by atoms with Crippen molar-refractivity contribution in [3.05, 3.63) is 60.8 Å². The second-order valence-electron chi connectivity index (χ2n) is 17.8. The summed E-state index contributed by atoms with van der Waals surface area (Å²) in [6.07, 6.45) is 66.6. The molecule has 0 aromatic rings. The summed E-state index contributed by atoms with van der Waals surface area (Å²) in [5.41, 5.74) is 0. The fraction of sp³-hybridized carbons (Fsp3) is 0.789. The zero-order valence-corrected chi connectivity index (χ0v) is 41.4. The van der Waals surface area contributed by atoms with E-state index in [0.29, 0.717) is 19.4 Å². The van der Waals surface area contributed by atoms with Crippen molar-refractivity contribution < 1.29 is 23.8 Å². The van der Waals surface area contributed by atoms with E-state index in [0.717, 1.165) is 83.5 Å². The summed E-state index contributed by atoms with van der Waals surface area (Å²) in [4.78, 5) is 25.4. The minimum Gasteiger partial charge on any atom is -0.462 e. The predicted molar refractivity (Wildman–Crippen MR) is 270 cm³/mol. The second-order valence-corrected chi connectivity index (χ2v) is 17.8. The molecule has 0 aliphatic rings. The van der Waals surface area contributed by atoms with Gasteiger partial charge in [-0.15, -0.1) is 0 Å². The Bertz CT molecular complexity index is 1070. The van der Waals surface area contributed by atoms with Gasteiger partial charge in [-0.25, -0.2) is 0 Å². The van der Waals surface area contributed by atoms with Crippen molar-refractivity contribution in [2.75, 3.05) is 19.8 Å². The molecule has 0 aromatic heterocycles. The van der Waals surface area contributed by atoms with E-state index in [1.165, 1.54) is 148 Å². The smallest absolute Gasteiger partial charge is 0.306 e. The van der Waals surface area contributed by atoms with Crippen LogP contribution in [-0.4, -0.2) is 37.9 Å². The highest BCUT2D eigenvalue weighted by molar-refractivity contribution is 5.70. The van der Waals surface area contributed by atoms with Gasteiger partial charge in [0.25, 0.3) is 0 Å². The van der Waals surface area contributed by atoms with Gasteiger partial charge >= 0.3 is 11.9 Å². The highest BCUT2D eigenvalue weighted by Crippen LogP contribution is 2.15. The van der Waals surface area contributed by atoms with Gasteiger partial charge in [0, 0.05) is 19.4 Å². The van der Waals surface area contributed by atoms with Gasteiger partial charge in [0.2, 0.25) is 0 Å². The predicted octanol–water partition coefficient (Wildman–Crippen LogP) is 18.1. The van der Waals surface area contributed by atoms with Gasteiger partial charge in [0.1, 0.15) is 6.61 Å². The summed E-state index contributed by atoms with van der Waals surface area (Å²) in [6.45, 7) is 7.70. The van der Waals surface area contributed by atoms with Crippen molar-refractivity contribution in [2.24, 2.45) is 0 Å². The Labute approximate surface area is 385 Å². The van der Waals surface area contributed by atoms with Crippen molar-refractivity contribution >= 4 is 11.9 Å². The molecule has 0 aliphatic heterocycles. The molecular weight excluding hydrogens is 765 g/mol. The molecule has 62 heavy (non-hydrogen) atoms. The largest absolute Gasteiger partial charge is 0.462 e. The average Bonchev–Trinajstić information content (AvgIpc) is 3.27. The standard InChI is InChI=1S/C57H102O5/c1-4-7-10-13-16-19-22-25-27-29-30-33-35-38-41-44-47-50-56(58)61-54-55(62-57(59)51-48-45-42-39-36-32-24-21-18-15-12-9-6-3)53-60-52-49-46-43-40-37-34-31-28-26-23-20-17-14-11-8-5-2/h7,10,16,19,25-28,30,33,55H,4-6,8-9,11-15,17-18,20-24,29,31-32,34-54H2,1-3H3/b10-7-,19-16-,27-25-,28-26-,33-30-. The van der Waals surface area contributed by atoms with E-state index in [1.807, 2.05) is 0 Å². The number of rotatable bonds is 49. The quantitative estimate of drug-likeness (QED) is 0.0346. The first-order valence-corrected chi connectivity index (χ1v) is 26.8. The highest BCUT2D eigenvalue weighted by Gasteiger charge is 2.17. The molecule has 1 unspecified atom stereocenters. The normalized spacial score (nSPS) is 12.6. The van der Waals surface area contributed by atoms with Gasteiger partial charge < -0.3 is 14.2 Å². The Balaban J connectivity index is 4.30. The molecule has 0 aromatic carbocycles. The molecule has 0 heterocycles. The Kier molecular flexibility index (Phi) is 50.9. The molecule has 0 amide bonds. The summed E-state index contributed by atoms with van der Waals surface area (Å²) in [7, 11) is 0. The maximum Gasteiger partial charge on any atom is 0.306 e. The van der Waals surface area contributed by atoms with Crippen LogP contribution in [0.25, 0.3) is 0 Å². The number of unbranched alkanes of at least 4 members (excludes halogenated alkanes) is 28. The van der Waals surface area contributed by atoms with Gasteiger partial charge in [-0.3, -0.25) is 9.59 Å². The Hall–Kier alpha value is -2.40. The Morgan fingerprint density at radius 1 is 0.371 bits per heavy atom. The zero-order valence-electron chi connectivity index (χ0n) is 41.4. The molecule has 0 N–H and O–H groups in total. The molecule has 0 aliphatic carbocycles. The monoisotopic (exact) mass is 867 g/mol. The highest BCUT2D eigenvalue weighted by atomic mass is 16.6. The van der Waals surface area contributed by atoms with Gasteiger partial charge in [-0.2, -0.15) is 0 Å². The number of ether oxygens (including phenoxy) is 3. The first-order valence-electron chi connectivity index (χ1n) is 26.8. The molecule has 0 saturated carbocycles. The number of hydrogen-bond acceptors (Lipinski definition) is 5. The number of esters is 2. The fourth-order valence-corrected chi connectivity index (χ4v) is 7.56. The van der Waals surface area contributed by atoms with Crippen molar-refractivity contribution in [1.82, 2.24) is 0 Å². The maximum absolute atomic E-state index is 12.8. The zero-order chi connectivity index (χ0) is 44.9. The van der Waals surface area contributed by atoms with Crippen LogP contribution in [0.2, 0.25) is 0 Å². The van der Waals surface area contributed by atoms with E-state index in [1.54, 1.807) is 0 Å². The second kappa shape index (κ2) is 52.9. The number of carbonyl (C=O) groups is 2. The van der Waals surface area contributed by atoms with Crippen LogP contribution in [-0.2, 0) is 23.8 Å². The number of carbonyl (C=O) groups excluding carboxylic acids is 2. The van der Waals surface area contributed by atoms with Gasteiger partial charge in [0.05, 0.1) is 6.61 Å². The third-order valence-electron chi connectivity index (χ3n) is 11.5. The SMILES string of the molecule is CC/C=C\C/C=C\C/C=C\C/C=C\CCCCCCC(=O)OCC(COCCCCCCCC/C=C\CCCCCCCC)OC(=O)CCCCCCCCCCCCCCC. The summed E-state index contributed by atoms with van der Waals surface area (Å²) in [5.74, 6) is -0.418. The van der Waals surface area contributed by atoms with E-state index in [9.17, 15) is 9.59 Å². The molecule has 5 nitrogen and oxygen atoms in total. The molecule has 0 bridgehead atoms. The van der Waals surface area contributed by atoms with Crippen molar-refractivity contribution in [2.45, 2.75) is 271 Å². The lowest BCUT2D eigenvalue weighted by molar-refractivity contribution is -0.163. The number of hydrogen-bond donors (Lipinski definition) is 0. The van der Waals surface area contributed by atoms with Crippen LogP contribution >= 0.6 is 0 Å². The van der Waals surface area contributed by atoms with Crippen LogP contribution in [0, 0.1) is 0 Å². The van der Waals surface area contributed by atoms with Crippen molar-refractivity contribution in [3.63, 3.8) is 0 Å². The molecule has 0 radical (unpaired) electrons. The van der Waals surface area contributed by atoms with E-state index in [4.69, 9.17) is 14.2 Å². The van der Waals surface area contributed by atoms with E-state index in [2.05, 4.69) is 81.5 Å². The van der Waals surface area contributed by atoms with Crippen LogP contribution in [0.15, 0.2) is 60.8 Å². The van der Waals surface area contributed by atoms with Crippen LogP contribution < -0.4 is 0 Å². The maximum atomic E-state index is 12.8. The van der Waals surface area contributed by atoms with Crippen LogP contribution in [0.1, 0.15) is 265 Å². The average molecular weight is 867 g/mol. The third-order valence-corrected chi connectivity index (χ3v) is 11.5. The summed E-state index contributed by atoms with van der Waals surface area (Å²) < 4.78 is 17.4. The van der Waals surface area contributed by atoms with Crippen molar-refractivity contribution in [1.29, 1.82) is 0 Å². The van der Waals surface area contributed by atoms with Gasteiger partial charge in [-0.1, -0.05) is 229 Å². The molecule has 0 saturated heterocycles. The van der Waals surface area contributed by atoms with Crippen LogP contribution in [0.3, 0.4) is 0 Å². The molecule has 0 rings (SSSR count). The summed E-state index contributed by atoms with van der Waals surface area (Å²) in [6, 6.07) is 0. The van der Waals surface area contributed by atoms with E-state index >= 15 is 0 Å². The topological polar surface area (TPSA) is 61.8 Å². The lowest BCUT2D eigenvalue weighted by Gasteiger charge is -2.18. The van der Waals surface area contributed by atoms with Crippen LogP contribution in [0.5, 0.6) is 0 Å². The van der Waals surface area contributed by atoms with E-state index in [-0.39, 0.29) is 25.2 Å². The lowest BCUT2D eigenvalue weighted by atomic mass is 10.0. The lowest BCUT2D eigenvalue weighted by Crippen LogP contribution is -2.30. The first kappa shape index (κ1) is 59.6. The fourth-order valence-electron chi connectivity index (χ4n) is 7.56. The third kappa shape index (κ3) is 50.2. The summed E-state index contributed by atoms with van der Waals surface area (Å²) in [5, 5.41) is 0. The van der Waals surface area contributed by atoms with Crippen LogP contribution in [0.4, 0.5) is 0 Å². The molecule has 360 valence electrons. The Morgan fingerprint density at radius 3 is 1.18 bits per heavy atom.